The lowest BCUT2D eigenvalue weighted by Crippen LogP contribution is -2.54. The van der Waals surface area contributed by atoms with Crippen LogP contribution in [-0.2, 0) is 103 Å². The highest BCUT2D eigenvalue weighted by Gasteiger charge is 2.59. The molecule has 21 amide bonds. The Balaban J connectivity index is 0.000000149. The van der Waals surface area contributed by atoms with Crippen LogP contribution in [-0.4, -0.2) is 240 Å². The minimum Gasteiger partial charge on any atom is -0.497 e. The van der Waals surface area contributed by atoms with E-state index in [4.69, 9.17) is 28.1 Å². The van der Waals surface area contributed by atoms with E-state index in [0.29, 0.717) is 126 Å². The average molecular weight is 1890 g/mol. The molecule has 9 heterocycles. The first-order valence-corrected chi connectivity index (χ1v) is 55.5. The molecule has 9 N–H and O–H groups in total. The van der Waals surface area contributed by atoms with E-state index >= 15 is 0 Å². The Morgan fingerprint density at radius 2 is 0.711 bits per heavy atom. The van der Waals surface area contributed by atoms with E-state index in [9.17, 15) is 71.9 Å². The molecule has 0 aromatic heterocycles. The summed E-state index contributed by atoms with van der Waals surface area (Å²) >= 11 is 0. The Morgan fingerprint density at radius 1 is 0.370 bits per heavy atom. The summed E-state index contributed by atoms with van der Waals surface area (Å²) in [5.41, 5.74) is 1.53. The van der Waals surface area contributed by atoms with Gasteiger partial charge in [-0.2, -0.15) is 0 Å². The maximum atomic E-state index is 14.1. The molecule has 0 unspecified atom stereocenters. The van der Waals surface area contributed by atoms with E-state index in [1.54, 1.807) is 91.0 Å². The Bertz CT molecular complexity index is 6350. The summed E-state index contributed by atoms with van der Waals surface area (Å²) in [5, 5.41) is 23.4. The van der Waals surface area contributed by atoms with Gasteiger partial charge in [0.25, 0.3) is 60.0 Å². The van der Waals surface area contributed by atoms with Gasteiger partial charge in [-0.3, -0.25) is 59.1 Å². The van der Waals surface area contributed by atoms with Crippen molar-refractivity contribution in [2.45, 2.75) is 168 Å². The van der Waals surface area contributed by atoms with Crippen LogP contribution in [0.15, 0.2) is 109 Å². The number of rotatable bonds is 24. The first kappa shape index (κ1) is 94.1. The lowest BCUT2D eigenvalue weighted by molar-refractivity contribution is -0.354. The summed E-state index contributed by atoms with van der Waals surface area (Å²) in [7, 11) is -1.10. The smallest absolute Gasteiger partial charge is 0.352 e. The molecule has 18 rings (SSSR count). The highest BCUT2D eigenvalue weighted by Crippen LogP contribution is 2.45. The average Bonchev–Trinajstić information content (AvgIpc) is 1.62. The molecule has 12 aliphatic rings. The van der Waals surface area contributed by atoms with Crippen LogP contribution in [0.25, 0.3) is 0 Å². The summed E-state index contributed by atoms with van der Waals surface area (Å²) in [5.74, 6) is 15.7. The molecule has 6 saturated heterocycles. The van der Waals surface area contributed by atoms with Gasteiger partial charge in [-0.15, -0.1) is 0 Å². The summed E-state index contributed by atoms with van der Waals surface area (Å²) in [6, 6.07) is 30.5. The maximum Gasteiger partial charge on any atom is 0.352 e. The molecule has 36 nitrogen and oxygen atoms in total. The van der Waals surface area contributed by atoms with E-state index < -0.39 is 111 Å². The van der Waals surface area contributed by atoms with E-state index in [-0.39, 0.29) is 94.9 Å². The van der Waals surface area contributed by atoms with Crippen molar-refractivity contribution in [1.82, 2.24) is 77.3 Å². The number of benzene rings is 6. The first-order chi connectivity index (χ1) is 64.0. The molecule has 0 bridgehead atoms. The minimum atomic E-state index is -1.74. The molecule has 9 aliphatic heterocycles. The molecule has 6 aromatic rings. The zero-order chi connectivity index (χ0) is 96.4. The second kappa shape index (κ2) is 36.0. The van der Waals surface area contributed by atoms with Crippen molar-refractivity contribution in [3.05, 3.63) is 193 Å². The summed E-state index contributed by atoms with van der Waals surface area (Å²) < 4.78 is 32.8. The summed E-state index contributed by atoms with van der Waals surface area (Å²) in [6.07, 6.45) is 2.87. The lowest BCUT2D eigenvalue weighted by atomic mass is 9.91. The number of carbonyl (C=O) groups is 15. The molecule has 0 saturated carbocycles. The van der Waals surface area contributed by atoms with Crippen LogP contribution in [0.2, 0.25) is 77.1 Å². The molecule has 3 spiro atoms. The van der Waals surface area contributed by atoms with E-state index in [1.807, 2.05) is 18.2 Å². The number of methoxy groups -OCH3 is 2. The molecule has 700 valence electrons. The van der Waals surface area contributed by atoms with Crippen LogP contribution in [0.1, 0.15) is 117 Å². The van der Waals surface area contributed by atoms with Crippen molar-refractivity contribution < 1.29 is 100 Å². The standard InChI is InChI=1S/C38H49N5O8Si2.C32H33N5O7Si.C26H21N5O6/c1-49-29-10-9-28-22-41(32(44)30(28)21-29)23-37(33(45)42(35(47)39-37)24-50-16-18-52(2,3)4)14-12-26-8-11-31-27(20-26)13-15-38(31)34(46)43(36(48)40-38)25-51-17-19-53(5,6)7;1-43-23-7-6-22-17-36(26(38)24(22)16-23)18-31(28(40)37(30(42)35-31)19-44-13-14-45(2,3)4)11-9-20-5-8-25-21(15-20)10-12-32(25)27(39)33-29(41)34-32;1-37-17-4-3-16-12-31(20(32)18(16)11-17)13-25(21(33)27-23(35)29-25)8-6-14-2-5-19-15(10-14)7-9-26(19)22(34)28-24(36)30-26/h8-11,20-21H,13,15-19,22-25H2,1-7H3,(H,39,47)(H,40,48);5-8,15-16H,1,10,12-14,17-19H2,2-4H3,(H2-,33,34,35,39,41,42);2-5,10-11H,7,9,12-13H2,1H3,(H2,27,29,33,35)(H2,28,30,34,36)/p+1/t37-,38+;31-,32-;25-,26+/m111/s1. The molecule has 0 radical (unpaired) electrons. The number of urea groups is 6. The highest BCUT2D eigenvalue weighted by molar-refractivity contribution is 6.76. The largest absolute Gasteiger partial charge is 0.497 e. The van der Waals surface area contributed by atoms with Gasteiger partial charge in [-0.1, -0.05) is 125 Å². The highest BCUT2D eigenvalue weighted by atomic mass is 28.3. The molecule has 135 heavy (non-hydrogen) atoms. The summed E-state index contributed by atoms with van der Waals surface area (Å²) in [4.78, 5) is 203. The molecular formula is C96H104N15O21Si3+. The van der Waals surface area contributed by atoms with Crippen LogP contribution < -0.4 is 57.3 Å². The number of aryl methyl sites for hydroxylation is 3. The van der Waals surface area contributed by atoms with Crippen LogP contribution >= 0.6 is 0 Å². The predicted molar refractivity (Wildman–Crippen MR) is 494 cm³/mol. The zero-order valence-electron chi connectivity index (χ0n) is 76.7. The van der Waals surface area contributed by atoms with Gasteiger partial charge in [0.1, 0.15) is 48.3 Å². The Hall–Kier alpha value is -14.1. The number of imide groups is 6. The number of ether oxygens (including phenoxy) is 5. The van der Waals surface area contributed by atoms with Gasteiger partial charge in [0.2, 0.25) is 16.6 Å². The number of fused-ring (bicyclic) bond motifs is 9. The topological polar surface area (TPSA) is 441 Å². The van der Waals surface area contributed by atoms with Gasteiger partial charge in [0.15, 0.2) is 0 Å². The maximum absolute atomic E-state index is 14.1. The molecule has 6 atom stereocenters. The van der Waals surface area contributed by atoms with Gasteiger partial charge >= 0.3 is 41.9 Å². The molecule has 3 aliphatic carbocycles. The summed E-state index contributed by atoms with van der Waals surface area (Å²) in [6.45, 7) is 24.3. The number of hydrogen-bond donors (Lipinski definition) is 9. The Morgan fingerprint density at radius 3 is 1.07 bits per heavy atom. The quantitative estimate of drug-likeness (QED) is 0.00974. The van der Waals surface area contributed by atoms with Crippen LogP contribution in [0, 0.1) is 35.5 Å². The van der Waals surface area contributed by atoms with Crippen molar-refractivity contribution in [3.8, 4) is 52.8 Å². The third kappa shape index (κ3) is 18.4. The first-order valence-electron chi connectivity index (χ1n) is 44.4. The van der Waals surface area contributed by atoms with E-state index in [1.165, 1.54) is 28.9 Å². The fourth-order valence-corrected chi connectivity index (χ4v) is 20.8. The second-order valence-corrected chi connectivity index (χ2v) is 55.9. The van der Waals surface area contributed by atoms with Gasteiger partial charge in [0, 0.05) is 97.6 Å². The minimum absolute atomic E-state index is 0.101. The number of carbonyl (C=O) groups excluding carboxylic acids is 16. The zero-order valence-corrected chi connectivity index (χ0v) is 79.7. The predicted octanol–water partition coefficient (Wildman–Crippen LogP) is 6.93. The van der Waals surface area contributed by atoms with Crippen molar-refractivity contribution in [1.29, 1.82) is 0 Å². The Kier molecular flexibility index (Phi) is 25.1. The van der Waals surface area contributed by atoms with Crippen LogP contribution in [0.5, 0.6) is 17.2 Å². The number of amides is 21. The number of hydrogen-bond acceptors (Lipinski definition) is 20. The normalized spacial score (nSPS) is 23.5. The fraction of sp³-hybridized carbons (Fsp3) is 0.396. The van der Waals surface area contributed by atoms with Crippen LogP contribution in [0.4, 0.5) is 28.8 Å². The SMILES string of the molecule is C=[O+]c1ccc2c(c1)C(=O)N(C[C@@]1(C#Cc3ccc4c(c3)CC[C@@]43NC(=O)NC3=O)NC(=O)N(COCC[Si](C)(C)C)C1=O)C2.COc1ccc2c(c1)C(=O)N(C[C@@]1(C#Cc3ccc4c(c3)CC[C@]43NC(=O)N(COCC[Si](C)(C)C)C3=O)NC(=O)N(COCC[Si](C)(C)C)C1=O)C2.COc1ccc2c(c1)C(=O)N(C[C@@]1(C#Cc3ccc4c(c3)CC[C@]43NC(=O)NC3=O)NC(=O)NC1=O)C2. The Labute approximate surface area is 781 Å². The van der Waals surface area contributed by atoms with Crippen LogP contribution in [0.3, 0.4) is 0 Å². The van der Waals surface area contributed by atoms with Crippen molar-refractivity contribution in [2.24, 2.45) is 0 Å². The number of nitrogens with one attached hydrogen (secondary N) is 9. The van der Waals surface area contributed by atoms with Gasteiger partial charge in [0.05, 0.1) is 45.5 Å². The van der Waals surface area contributed by atoms with Gasteiger partial charge in [-0.05, 0) is 173 Å². The van der Waals surface area contributed by atoms with E-state index in [2.05, 4.69) is 149 Å². The third-order valence-corrected chi connectivity index (χ3v) is 31.2. The molecule has 6 fully saturated rings. The molecule has 39 heteroatoms. The molecule has 6 aromatic carbocycles. The lowest BCUT2D eigenvalue weighted by Gasteiger charge is -2.27. The van der Waals surface area contributed by atoms with E-state index in [0.717, 1.165) is 66.2 Å². The van der Waals surface area contributed by atoms with Crippen molar-refractivity contribution in [2.75, 3.05) is 73.9 Å². The fourth-order valence-electron chi connectivity index (χ4n) is 18.5. The number of nitrogens with zero attached hydrogens (tertiary/aromatic N) is 6. The monoisotopic (exact) mass is 1890 g/mol. The van der Waals surface area contributed by atoms with Gasteiger partial charge in [-0.25, -0.2) is 47.9 Å². The molecular weight excluding hydrogens is 1780 g/mol. The van der Waals surface area contributed by atoms with Crippen molar-refractivity contribution in [3.63, 3.8) is 0 Å². The van der Waals surface area contributed by atoms with Gasteiger partial charge < -0.3 is 70.3 Å². The second-order valence-electron chi connectivity index (χ2n) is 39.0. The third-order valence-electron chi connectivity index (χ3n) is 26.1. The van der Waals surface area contributed by atoms with Crippen molar-refractivity contribution >= 4 is 120 Å².